The smallest absolute Gasteiger partial charge is 0.234 e. The van der Waals surface area contributed by atoms with Crippen LogP contribution in [0, 0.1) is 0 Å². The van der Waals surface area contributed by atoms with E-state index in [9.17, 15) is 4.79 Å². The third-order valence-corrected chi connectivity index (χ3v) is 5.53. The lowest BCUT2D eigenvalue weighted by Gasteiger charge is -2.05. The Labute approximate surface area is 170 Å². The number of hydrogen-bond acceptors (Lipinski definition) is 6. The predicted octanol–water partition coefficient (Wildman–Crippen LogP) is 3.80. The largest absolute Gasteiger partial charge is 0.327 e. The number of hydrogen-bond donors (Lipinski definition) is 1. The van der Waals surface area contributed by atoms with Gasteiger partial charge in [0.1, 0.15) is 5.52 Å². The number of aromatic nitrogens is 5. The fraction of sp³-hybridized carbons (Fsp3) is 0.0952. The molecule has 1 amide bonds. The number of carbonyl (C=O) groups excluding carboxylic acids is 1. The summed E-state index contributed by atoms with van der Waals surface area (Å²) < 4.78 is 1.99. The van der Waals surface area contributed by atoms with Gasteiger partial charge in [0.15, 0.2) is 5.65 Å². The van der Waals surface area contributed by atoms with Gasteiger partial charge in [-0.2, -0.15) is 0 Å². The Bertz CT molecular complexity index is 1380. The van der Waals surface area contributed by atoms with E-state index in [0.29, 0.717) is 10.8 Å². The fourth-order valence-corrected chi connectivity index (χ4v) is 3.90. The molecular weight excluding hydrogens is 384 g/mol. The van der Waals surface area contributed by atoms with Gasteiger partial charge in [0.05, 0.1) is 28.7 Å². The van der Waals surface area contributed by atoms with E-state index in [1.807, 2.05) is 66.2 Å². The zero-order chi connectivity index (χ0) is 19.8. The Morgan fingerprint density at radius 1 is 1.10 bits per heavy atom. The van der Waals surface area contributed by atoms with Crippen LogP contribution in [0.1, 0.15) is 0 Å². The summed E-state index contributed by atoms with van der Waals surface area (Å²) in [6, 6.07) is 17.7. The molecule has 2 aromatic carbocycles. The molecule has 0 saturated carbocycles. The van der Waals surface area contributed by atoms with E-state index >= 15 is 0 Å². The number of fused-ring (bicyclic) bond motifs is 4. The van der Waals surface area contributed by atoms with E-state index in [0.717, 1.165) is 33.0 Å². The molecule has 5 rings (SSSR count). The number of carbonyl (C=O) groups is 1. The molecule has 7 nitrogen and oxygen atoms in total. The lowest BCUT2D eigenvalue weighted by atomic mass is 10.2. The van der Waals surface area contributed by atoms with Gasteiger partial charge in [-0.25, -0.2) is 4.98 Å². The van der Waals surface area contributed by atoms with Gasteiger partial charge in [0, 0.05) is 17.8 Å². The molecule has 8 heteroatoms. The van der Waals surface area contributed by atoms with Crippen LogP contribution in [0.25, 0.3) is 33.0 Å². The second-order valence-electron chi connectivity index (χ2n) is 6.60. The number of nitrogens with one attached hydrogen (secondary N) is 1. The van der Waals surface area contributed by atoms with Gasteiger partial charge < -0.3 is 9.88 Å². The van der Waals surface area contributed by atoms with Gasteiger partial charge in [0.2, 0.25) is 11.1 Å². The number of thioether (sulfide) groups is 1. The first kappa shape index (κ1) is 17.6. The Kier molecular flexibility index (Phi) is 4.33. The fourth-order valence-electron chi connectivity index (χ4n) is 3.32. The van der Waals surface area contributed by atoms with E-state index in [2.05, 4.69) is 25.5 Å². The number of benzene rings is 2. The highest BCUT2D eigenvalue weighted by Crippen LogP contribution is 2.26. The Balaban J connectivity index is 1.32. The van der Waals surface area contributed by atoms with Crippen LogP contribution in [0.3, 0.4) is 0 Å². The van der Waals surface area contributed by atoms with Crippen LogP contribution >= 0.6 is 11.8 Å². The maximum Gasteiger partial charge on any atom is 0.234 e. The van der Waals surface area contributed by atoms with Crippen LogP contribution in [-0.4, -0.2) is 36.4 Å². The van der Waals surface area contributed by atoms with Crippen molar-refractivity contribution in [3.63, 3.8) is 0 Å². The number of aryl methyl sites for hydroxylation is 1. The second kappa shape index (κ2) is 7.14. The van der Waals surface area contributed by atoms with E-state index in [1.54, 1.807) is 6.20 Å². The molecule has 0 fully saturated rings. The molecule has 3 aromatic heterocycles. The van der Waals surface area contributed by atoms with Crippen LogP contribution in [0.2, 0.25) is 0 Å². The van der Waals surface area contributed by atoms with Crippen molar-refractivity contribution in [3.8, 4) is 0 Å². The highest BCUT2D eigenvalue weighted by molar-refractivity contribution is 7.99. The lowest BCUT2D eigenvalue weighted by Crippen LogP contribution is -2.14. The molecule has 5 aromatic rings. The van der Waals surface area contributed by atoms with Gasteiger partial charge in [-0.1, -0.05) is 48.2 Å². The predicted molar refractivity (Wildman–Crippen MR) is 115 cm³/mol. The Morgan fingerprint density at radius 3 is 2.86 bits per heavy atom. The summed E-state index contributed by atoms with van der Waals surface area (Å²) >= 11 is 1.25. The molecule has 1 N–H and O–H groups in total. The molecule has 0 radical (unpaired) electrons. The van der Waals surface area contributed by atoms with Crippen LogP contribution in [-0.2, 0) is 11.8 Å². The van der Waals surface area contributed by atoms with Crippen molar-refractivity contribution in [1.29, 1.82) is 0 Å². The third kappa shape index (κ3) is 3.27. The van der Waals surface area contributed by atoms with Crippen molar-refractivity contribution < 1.29 is 4.79 Å². The molecule has 29 heavy (non-hydrogen) atoms. The number of anilines is 1. The van der Waals surface area contributed by atoms with Crippen molar-refractivity contribution in [1.82, 2.24) is 24.7 Å². The van der Waals surface area contributed by atoms with Gasteiger partial charge in [-0.15, -0.1) is 10.2 Å². The number of para-hydroxylation sites is 2. The van der Waals surface area contributed by atoms with Crippen LogP contribution < -0.4 is 5.32 Å². The van der Waals surface area contributed by atoms with Gasteiger partial charge in [0.25, 0.3) is 0 Å². The van der Waals surface area contributed by atoms with Crippen LogP contribution in [0.15, 0.2) is 66.0 Å². The first-order valence-electron chi connectivity index (χ1n) is 9.04. The Hall–Kier alpha value is -3.52. The third-order valence-electron chi connectivity index (χ3n) is 4.69. The quantitative estimate of drug-likeness (QED) is 0.462. The molecule has 142 valence electrons. The van der Waals surface area contributed by atoms with Crippen molar-refractivity contribution in [2.24, 2.45) is 7.05 Å². The molecule has 0 bridgehead atoms. The number of pyridine rings is 1. The van der Waals surface area contributed by atoms with Crippen molar-refractivity contribution in [2.45, 2.75) is 5.16 Å². The molecular formula is C21H16N6OS. The maximum atomic E-state index is 12.4. The number of amides is 1. The summed E-state index contributed by atoms with van der Waals surface area (Å²) in [5, 5.41) is 13.9. The first-order chi connectivity index (χ1) is 14.2. The lowest BCUT2D eigenvalue weighted by molar-refractivity contribution is -0.113. The highest BCUT2D eigenvalue weighted by Gasteiger charge is 2.13. The highest BCUT2D eigenvalue weighted by atomic mass is 32.2. The Morgan fingerprint density at radius 2 is 1.93 bits per heavy atom. The van der Waals surface area contributed by atoms with Gasteiger partial charge in [-0.05, 0) is 18.2 Å². The van der Waals surface area contributed by atoms with E-state index in [-0.39, 0.29) is 11.7 Å². The molecule has 0 aliphatic carbocycles. The summed E-state index contributed by atoms with van der Waals surface area (Å²) in [6.45, 7) is 0. The maximum absolute atomic E-state index is 12.4. The second-order valence-corrected chi connectivity index (χ2v) is 7.54. The topological polar surface area (TPSA) is 85.6 Å². The minimum atomic E-state index is -0.146. The van der Waals surface area contributed by atoms with E-state index < -0.39 is 0 Å². The first-order valence-corrected chi connectivity index (χ1v) is 10.0. The number of nitrogens with zero attached hydrogens (tertiary/aromatic N) is 5. The minimum absolute atomic E-state index is 0.146. The van der Waals surface area contributed by atoms with E-state index in [4.69, 9.17) is 0 Å². The normalized spacial score (nSPS) is 11.3. The number of rotatable bonds is 4. The van der Waals surface area contributed by atoms with E-state index in [1.165, 1.54) is 11.8 Å². The standard InChI is InChI=1S/C21H16N6OS/c1-27-17-9-5-3-7-15(17)19-20(27)24-21(26-25-19)29-12-18(28)23-14-10-13-6-2-4-8-16(13)22-11-14/h2-11H,12H2,1H3,(H,23,28). The van der Waals surface area contributed by atoms with Gasteiger partial charge in [-0.3, -0.25) is 9.78 Å². The summed E-state index contributed by atoms with van der Waals surface area (Å²) in [7, 11) is 1.95. The summed E-state index contributed by atoms with van der Waals surface area (Å²) in [4.78, 5) is 21.3. The molecule has 0 aliphatic rings. The van der Waals surface area contributed by atoms with Crippen molar-refractivity contribution >= 4 is 56.3 Å². The SMILES string of the molecule is Cn1c2ccccc2c2nnc(SCC(=O)Nc3cnc4ccccc4c3)nc21. The minimum Gasteiger partial charge on any atom is -0.327 e. The summed E-state index contributed by atoms with van der Waals surface area (Å²) in [5.41, 5.74) is 4.12. The monoisotopic (exact) mass is 400 g/mol. The van der Waals surface area contributed by atoms with Crippen molar-refractivity contribution in [2.75, 3.05) is 11.1 Å². The molecule has 0 aliphatic heterocycles. The summed E-state index contributed by atoms with van der Waals surface area (Å²) in [5.74, 6) is 0.0389. The zero-order valence-corrected chi connectivity index (χ0v) is 16.3. The zero-order valence-electron chi connectivity index (χ0n) is 15.5. The molecule has 0 unspecified atom stereocenters. The van der Waals surface area contributed by atoms with Crippen LogP contribution in [0.4, 0.5) is 5.69 Å². The van der Waals surface area contributed by atoms with Crippen LogP contribution in [0.5, 0.6) is 0 Å². The summed E-state index contributed by atoms with van der Waals surface area (Å²) in [6.07, 6.45) is 1.66. The molecule has 0 saturated heterocycles. The van der Waals surface area contributed by atoms with Crippen molar-refractivity contribution in [3.05, 3.63) is 60.8 Å². The molecule has 0 spiro atoms. The average Bonchev–Trinajstić information content (AvgIpc) is 3.04. The molecule has 3 heterocycles. The average molecular weight is 400 g/mol. The van der Waals surface area contributed by atoms with Gasteiger partial charge >= 0.3 is 0 Å². The molecule has 0 atom stereocenters.